The molecule has 2 heterocycles. The number of carbonyl (C=O) groups excluding carboxylic acids is 3. The summed E-state index contributed by atoms with van der Waals surface area (Å²) in [6, 6.07) is 9.08. The van der Waals surface area contributed by atoms with Gasteiger partial charge in [0.2, 0.25) is 0 Å². The third-order valence-electron chi connectivity index (χ3n) is 6.86. The molecular formula is C27H33N3O3. The van der Waals surface area contributed by atoms with Gasteiger partial charge in [-0.1, -0.05) is 52.2 Å². The van der Waals surface area contributed by atoms with Gasteiger partial charge in [-0.25, -0.2) is 9.69 Å². The van der Waals surface area contributed by atoms with Gasteiger partial charge in [-0.3, -0.25) is 14.9 Å². The van der Waals surface area contributed by atoms with Gasteiger partial charge in [0.05, 0.1) is 5.69 Å². The van der Waals surface area contributed by atoms with Crippen molar-refractivity contribution in [3.8, 4) is 0 Å². The topological polar surface area (TPSA) is 71.4 Å². The Morgan fingerprint density at radius 3 is 2.21 bits per heavy atom. The van der Waals surface area contributed by atoms with E-state index >= 15 is 0 Å². The van der Waals surface area contributed by atoms with Gasteiger partial charge in [-0.05, 0) is 67.5 Å². The van der Waals surface area contributed by atoms with Crippen LogP contribution in [0.4, 0.5) is 10.5 Å². The number of nitrogens with zero attached hydrogens (tertiary/aromatic N) is 2. The van der Waals surface area contributed by atoms with E-state index in [1.807, 2.05) is 25.1 Å². The maximum absolute atomic E-state index is 13.3. The van der Waals surface area contributed by atoms with Crippen LogP contribution in [0.25, 0.3) is 6.08 Å². The lowest BCUT2D eigenvalue weighted by Crippen LogP contribution is -2.54. The first-order valence-electron chi connectivity index (χ1n) is 11.8. The van der Waals surface area contributed by atoms with E-state index in [-0.39, 0.29) is 11.0 Å². The minimum Gasteiger partial charge on any atom is -0.346 e. The SMILES string of the molecule is Cc1cc(/C=C2\C(=O)NC(=O)N(c3ccc(C(C)(C)C)cc3)C2=O)c(C)n1C1CCCCC1. The number of amides is 4. The van der Waals surface area contributed by atoms with E-state index in [4.69, 9.17) is 0 Å². The number of aromatic nitrogens is 1. The number of anilines is 1. The van der Waals surface area contributed by atoms with E-state index in [1.165, 1.54) is 19.3 Å². The van der Waals surface area contributed by atoms with E-state index < -0.39 is 17.8 Å². The van der Waals surface area contributed by atoms with Crippen molar-refractivity contribution in [3.05, 3.63) is 58.4 Å². The Labute approximate surface area is 195 Å². The Morgan fingerprint density at radius 1 is 0.970 bits per heavy atom. The number of aryl methyl sites for hydroxylation is 1. The van der Waals surface area contributed by atoms with Crippen molar-refractivity contribution in [2.24, 2.45) is 0 Å². The van der Waals surface area contributed by atoms with Crippen molar-refractivity contribution in [3.63, 3.8) is 0 Å². The lowest BCUT2D eigenvalue weighted by Gasteiger charge is -2.27. The summed E-state index contributed by atoms with van der Waals surface area (Å²) in [7, 11) is 0. The van der Waals surface area contributed by atoms with Crippen LogP contribution < -0.4 is 10.2 Å². The first-order chi connectivity index (χ1) is 15.6. The summed E-state index contributed by atoms with van der Waals surface area (Å²) in [5, 5.41) is 2.33. The molecular weight excluding hydrogens is 414 g/mol. The Balaban J connectivity index is 1.67. The number of nitrogens with one attached hydrogen (secondary N) is 1. The Hall–Kier alpha value is -3.15. The highest BCUT2D eigenvalue weighted by Gasteiger charge is 2.37. The molecule has 1 aromatic heterocycles. The third kappa shape index (κ3) is 4.39. The van der Waals surface area contributed by atoms with Crippen molar-refractivity contribution in [2.45, 2.75) is 78.2 Å². The second-order valence-electron chi connectivity index (χ2n) is 10.2. The molecule has 1 saturated heterocycles. The fourth-order valence-corrected chi connectivity index (χ4v) is 5.01. The van der Waals surface area contributed by atoms with Gasteiger partial charge in [-0.15, -0.1) is 0 Å². The van der Waals surface area contributed by atoms with Crippen molar-refractivity contribution >= 4 is 29.6 Å². The standard InChI is InChI=1S/C27H33N3O3/c1-17-15-19(18(2)29(17)21-9-7-6-8-10-21)16-23-24(31)28-26(33)30(25(23)32)22-13-11-20(12-14-22)27(3,4)5/h11-16,21H,6-10H2,1-5H3,(H,28,31,33)/b23-16+. The number of hydrogen-bond donors (Lipinski definition) is 1. The molecule has 4 rings (SSSR count). The van der Waals surface area contributed by atoms with Crippen molar-refractivity contribution in [1.29, 1.82) is 0 Å². The van der Waals surface area contributed by atoms with Crippen LogP contribution in [0.15, 0.2) is 35.9 Å². The molecule has 33 heavy (non-hydrogen) atoms. The third-order valence-corrected chi connectivity index (χ3v) is 6.86. The van der Waals surface area contributed by atoms with Crippen molar-refractivity contribution in [1.82, 2.24) is 9.88 Å². The number of benzene rings is 1. The molecule has 1 aromatic carbocycles. The highest BCUT2D eigenvalue weighted by molar-refractivity contribution is 6.39. The summed E-state index contributed by atoms with van der Waals surface area (Å²) < 4.78 is 2.34. The Kier molecular flexibility index (Phi) is 6.04. The molecule has 0 spiro atoms. The quantitative estimate of drug-likeness (QED) is 0.494. The predicted molar refractivity (Wildman–Crippen MR) is 130 cm³/mol. The first kappa shape index (κ1) is 23.0. The number of urea groups is 1. The number of rotatable bonds is 3. The number of imide groups is 2. The highest BCUT2D eigenvalue weighted by Crippen LogP contribution is 2.33. The second-order valence-corrected chi connectivity index (χ2v) is 10.2. The van der Waals surface area contributed by atoms with E-state index in [0.29, 0.717) is 11.7 Å². The first-order valence-corrected chi connectivity index (χ1v) is 11.8. The zero-order valence-electron chi connectivity index (χ0n) is 20.2. The molecule has 174 valence electrons. The molecule has 1 N–H and O–H groups in total. The average molecular weight is 448 g/mol. The fraction of sp³-hybridized carbons (Fsp3) is 0.444. The van der Waals surface area contributed by atoms with E-state index in [0.717, 1.165) is 40.3 Å². The van der Waals surface area contributed by atoms with Gasteiger partial charge in [0.15, 0.2) is 0 Å². The van der Waals surface area contributed by atoms with Crippen LogP contribution >= 0.6 is 0 Å². The lowest BCUT2D eigenvalue weighted by atomic mass is 9.87. The van der Waals surface area contributed by atoms with Crippen molar-refractivity contribution < 1.29 is 14.4 Å². The molecule has 6 heteroatoms. The monoisotopic (exact) mass is 447 g/mol. The van der Waals surface area contributed by atoms with Crippen LogP contribution in [-0.4, -0.2) is 22.4 Å². The zero-order chi connectivity index (χ0) is 23.9. The maximum atomic E-state index is 13.3. The molecule has 0 atom stereocenters. The second kappa shape index (κ2) is 8.65. The summed E-state index contributed by atoms with van der Waals surface area (Å²) in [6.45, 7) is 10.4. The van der Waals surface area contributed by atoms with E-state index in [1.54, 1.807) is 18.2 Å². The fourth-order valence-electron chi connectivity index (χ4n) is 5.01. The molecule has 4 amide bonds. The predicted octanol–water partition coefficient (Wildman–Crippen LogP) is 5.57. The van der Waals surface area contributed by atoms with Gasteiger partial charge in [0, 0.05) is 17.4 Å². The van der Waals surface area contributed by atoms with Gasteiger partial charge in [0.25, 0.3) is 11.8 Å². The molecule has 1 aliphatic carbocycles. The normalized spacial score (nSPS) is 19.4. The smallest absolute Gasteiger partial charge is 0.335 e. The molecule has 2 fully saturated rings. The van der Waals surface area contributed by atoms with Crippen LogP contribution in [0, 0.1) is 13.8 Å². The Bertz CT molecular complexity index is 1130. The summed E-state index contributed by atoms with van der Waals surface area (Å²) in [4.78, 5) is 39.5. The average Bonchev–Trinajstić information content (AvgIpc) is 3.04. The van der Waals surface area contributed by atoms with Gasteiger partial charge < -0.3 is 4.57 Å². The summed E-state index contributed by atoms with van der Waals surface area (Å²) in [6.07, 6.45) is 7.66. The molecule has 2 aromatic rings. The van der Waals surface area contributed by atoms with Crippen LogP contribution in [0.1, 0.15) is 81.4 Å². The molecule has 1 aliphatic heterocycles. The van der Waals surface area contributed by atoms with Crippen LogP contribution in [-0.2, 0) is 15.0 Å². The molecule has 0 radical (unpaired) electrons. The van der Waals surface area contributed by atoms with E-state index in [9.17, 15) is 14.4 Å². The summed E-state index contributed by atoms with van der Waals surface area (Å²) in [5.41, 5.74) is 4.47. The minimum absolute atomic E-state index is 0.0293. The molecule has 0 unspecified atom stereocenters. The largest absolute Gasteiger partial charge is 0.346 e. The summed E-state index contributed by atoms with van der Waals surface area (Å²) in [5.74, 6) is -1.26. The molecule has 0 bridgehead atoms. The molecule has 6 nitrogen and oxygen atoms in total. The molecule has 1 saturated carbocycles. The number of barbiturate groups is 1. The highest BCUT2D eigenvalue weighted by atomic mass is 16.2. The van der Waals surface area contributed by atoms with Crippen LogP contribution in [0.5, 0.6) is 0 Å². The van der Waals surface area contributed by atoms with Crippen LogP contribution in [0.2, 0.25) is 0 Å². The summed E-state index contributed by atoms with van der Waals surface area (Å²) >= 11 is 0. The van der Waals surface area contributed by atoms with Crippen molar-refractivity contribution in [2.75, 3.05) is 4.90 Å². The minimum atomic E-state index is -0.724. The lowest BCUT2D eigenvalue weighted by molar-refractivity contribution is -0.122. The van der Waals surface area contributed by atoms with Crippen LogP contribution in [0.3, 0.4) is 0 Å². The Morgan fingerprint density at radius 2 is 1.61 bits per heavy atom. The number of hydrogen-bond acceptors (Lipinski definition) is 3. The maximum Gasteiger partial charge on any atom is 0.335 e. The molecule has 2 aliphatic rings. The van der Waals surface area contributed by atoms with Gasteiger partial charge >= 0.3 is 6.03 Å². The van der Waals surface area contributed by atoms with E-state index in [2.05, 4.69) is 37.6 Å². The number of carbonyl (C=O) groups is 3. The zero-order valence-corrected chi connectivity index (χ0v) is 20.2. The van der Waals surface area contributed by atoms with Gasteiger partial charge in [-0.2, -0.15) is 0 Å². The van der Waals surface area contributed by atoms with Gasteiger partial charge in [0.1, 0.15) is 5.57 Å².